The van der Waals surface area contributed by atoms with Crippen molar-refractivity contribution in [1.82, 2.24) is 5.01 Å². The van der Waals surface area contributed by atoms with Gasteiger partial charge in [0, 0.05) is 6.54 Å². The molecular formula is C14H17FN4O2. The Morgan fingerprint density at radius 3 is 3.05 bits per heavy atom. The molecule has 0 bridgehead atoms. The summed E-state index contributed by atoms with van der Waals surface area (Å²) in [5, 5.41) is 9.80. The molecule has 0 spiro atoms. The van der Waals surface area contributed by atoms with Crippen molar-refractivity contribution in [3.8, 4) is 0 Å². The van der Waals surface area contributed by atoms with Gasteiger partial charge in [-0.15, -0.1) is 0 Å². The van der Waals surface area contributed by atoms with E-state index in [9.17, 15) is 9.18 Å². The van der Waals surface area contributed by atoms with Gasteiger partial charge >= 0.3 is 6.09 Å². The normalized spacial score (nSPS) is 21.8. The van der Waals surface area contributed by atoms with Gasteiger partial charge in [-0.25, -0.2) is 9.18 Å². The Morgan fingerprint density at radius 2 is 2.33 bits per heavy atom. The predicted molar refractivity (Wildman–Crippen MR) is 74.7 cm³/mol. The molecule has 1 aromatic rings. The van der Waals surface area contributed by atoms with Crippen LogP contribution >= 0.6 is 0 Å². The van der Waals surface area contributed by atoms with Crippen LogP contribution in [-0.4, -0.2) is 43.4 Å². The number of anilines is 1. The molecule has 6 nitrogen and oxygen atoms in total. The first-order valence-corrected chi connectivity index (χ1v) is 7.00. The smallest absolute Gasteiger partial charge is 0.414 e. The van der Waals surface area contributed by atoms with Gasteiger partial charge in [0.15, 0.2) is 0 Å². The highest BCUT2D eigenvalue weighted by atomic mass is 19.1. The number of hydrogen-bond donors (Lipinski definition) is 0. The average Bonchev–Trinajstić information content (AvgIpc) is 2.84. The van der Waals surface area contributed by atoms with E-state index in [1.165, 1.54) is 11.0 Å². The second-order valence-electron chi connectivity index (χ2n) is 5.27. The second-order valence-corrected chi connectivity index (χ2v) is 5.27. The van der Waals surface area contributed by atoms with E-state index in [2.05, 4.69) is 10.3 Å². The molecule has 112 valence electrons. The van der Waals surface area contributed by atoms with Gasteiger partial charge < -0.3 is 4.74 Å². The number of carbonyl (C=O) groups excluding carboxylic acids is 1. The van der Waals surface area contributed by atoms with Gasteiger partial charge in [-0.3, -0.25) is 9.91 Å². The van der Waals surface area contributed by atoms with E-state index < -0.39 is 6.09 Å². The van der Waals surface area contributed by atoms with Crippen molar-refractivity contribution < 1.29 is 13.9 Å². The number of amides is 1. The summed E-state index contributed by atoms with van der Waals surface area (Å²) >= 11 is 0. The molecule has 2 aliphatic rings. The third-order valence-corrected chi connectivity index (χ3v) is 3.62. The van der Waals surface area contributed by atoms with Crippen LogP contribution in [0, 0.1) is 12.7 Å². The Balaban J connectivity index is 1.67. The van der Waals surface area contributed by atoms with Crippen molar-refractivity contribution in [2.24, 2.45) is 10.3 Å². The highest BCUT2D eigenvalue weighted by Crippen LogP contribution is 2.24. The van der Waals surface area contributed by atoms with Crippen LogP contribution < -0.4 is 4.90 Å². The molecule has 0 saturated carbocycles. The summed E-state index contributed by atoms with van der Waals surface area (Å²) < 4.78 is 18.9. The molecule has 0 aliphatic carbocycles. The zero-order valence-electron chi connectivity index (χ0n) is 11.8. The third kappa shape index (κ3) is 2.96. The first-order valence-electron chi connectivity index (χ1n) is 7.00. The lowest BCUT2D eigenvalue weighted by Crippen LogP contribution is -2.33. The third-order valence-electron chi connectivity index (χ3n) is 3.62. The molecule has 0 aromatic heterocycles. The van der Waals surface area contributed by atoms with Gasteiger partial charge in [0.25, 0.3) is 0 Å². The summed E-state index contributed by atoms with van der Waals surface area (Å²) in [5.41, 5.74) is 1.07. The van der Waals surface area contributed by atoms with Crippen molar-refractivity contribution in [3.05, 3.63) is 29.6 Å². The molecule has 1 aromatic carbocycles. The van der Waals surface area contributed by atoms with Crippen LogP contribution in [0.3, 0.4) is 0 Å². The van der Waals surface area contributed by atoms with Crippen molar-refractivity contribution in [2.45, 2.75) is 19.4 Å². The molecule has 1 unspecified atom stereocenters. The highest BCUT2D eigenvalue weighted by Gasteiger charge is 2.33. The molecule has 3 rings (SSSR count). The quantitative estimate of drug-likeness (QED) is 0.860. The number of cyclic esters (lactones) is 1. The summed E-state index contributed by atoms with van der Waals surface area (Å²) in [4.78, 5) is 13.4. The van der Waals surface area contributed by atoms with Crippen molar-refractivity contribution in [2.75, 3.05) is 31.1 Å². The number of nitrogens with zero attached hydrogens (tertiary/aromatic N) is 4. The molecule has 2 aliphatic heterocycles. The number of halogens is 1. The summed E-state index contributed by atoms with van der Waals surface area (Å²) in [6.07, 6.45) is 0.230. The molecular weight excluding hydrogens is 275 g/mol. The van der Waals surface area contributed by atoms with Crippen molar-refractivity contribution >= 4 is 11.8 Å². The molecule has 0 radical (unpaired) electrons. The number of aryl methyl sites for hydroxylation is 1. The maximum absolute atomic E-state index is 13.6. The molecule has 1 fully saturated rings. The standard InChI is InChI=1S/C14H17FN4O2/c1-10-3-4-11(7-13(10)15)19-9-12(21-14(19)20)8-18-6-2-5-16-17-18/h3-4,7,12H,2,5-6,8-9H2,1H3. The van der Waals surface area contributed by atoms with Crippen molar-refractivity contribution in [1.29, 1.82) is 0 Å². The van der Waals surface area contributed by atoms with Gasteiger partial charge in [0.2, 0.25) is 0 Å². The summed E-state index contributed by atoms with van der Waals surface area (Å²) in [6, 6.07) is 4.74. The Kier molecular flexibility index (Phi) is 3.72. The van der Waals surface area contributed by atoms with E-state index in [1.807, 2.05) is 0 Å². The van der Waals surface area contributed by atoms with Gasteiger partial charge in [-0.1, -0.05) is 11.3 Å². The first kappa shape index (κ1) is 13.8. The van der Waals surface area contributed by atoms with Crippen molar-refractivity contribution in [3.63, 3.8) is 0 Å². The predicted octanol–water partition coefficient (Wildman–Crippen LogP) is 2.53. The van der Waals surface area contributed by atoms with Crippen LogP contribution in [0.15, 0.2) is 28.5 Å². The van der Waals surface area contributed by atoms with Crippen LogP contribution in [0.2, 0.25) is 0 Å². The highest BCUT2D eigenvalue weighted by molar-refractivity contribution is 5.89. The number of ether oxygens (including phenoxy) is 1. The summed E-state index contributed by atoms with van der Waals surface area (Å²) in [6.45, 7) is 4.16. The fourth-order valence-electron chi connectivity index (χ4n) is 2.44. The molecule has 1 amide bonds. The lowest BCUT2D eigenvalue weighted by atomic mass is 10.2. The molecule has 7 heteroatoms. The van der Waals surface area contributed by atoms with E-state index in [4.69, 9.17) is 4.74 Å². The molecule has 21 heavy (non-hydrogen) atoms. The van der Waals surface area contributed by atoms with E-state index in [0.29, 0.717) is 24.3 Å². The fourth-order valence-corrected chi connectivity index (χ4v) is 2.44. The minimum Gasteiger partial charge on any atom is -0.442 e. The van der Waals surface area contributed by atoms with Crippen LogP contribution in [0.1, 0.15) is 12.0 Å². The van der Waals surface area contributed by atoms with Crippen LogP contribution in [0.4, 0.5) is 14.9 Å². The average molecular weight is 292 g/mol. The lowest BCUT2D eigenvalue weighted by molar-refractivity contribution is 0.102. The van der Waals surface area contributed by atoms with Gasteiger partial charge in [0.1, 0.15) is 11.9 Å². The van der Waals surface area contributed by atoms with Gasteiger partial charge in [-0.2, -0.15) is 5.11 Å². The molecule has 2 heterocycles. The van der Waals surface area contributed by atoms with Gasteiger partial charge in [-0.05, 0) is 31.0 Å². The Bertz CT molecular complexity index is 578. The summed E-state index contributed by atoms with van der Waals surface area (Å²) in [5.74, 6) is -0.325. The second kappa shape index (κ2) is 5.67. The van der Waals surface area contributed by atoms with E-state index in [1.54, 1.807) is 24.1 Å². The SMILES string of the molecule is Cc1ccc(N2CC(CN3CCCN=N3)OC2=O)cc1F. The number of hydrogen-bond acceptors (Lipinski definition) is 5. The lowest BCUT2D eigenvalue weighted by Gasteiger charge is -2.22. The van der Waals surface area contributed by atoms with E-state index in [-0.39, 0.29) is 11.9 Å². The van der Waals surface area contributed by atoms with E-state index in [0.717, 1.165) is 19.5 Å². The Labute approximate surface area is 122 Å². The zero-order chi connectivity index (χ0) is 14.8. The minimum absolute atomic E-state index is 0.279. The van der Waals surface area contributed by atoms with Gasteiger partial charge in [0.05, 0.1) is 25.3 Å². The molecule has 1 atom stereocenters. The number of carbonyl (C=O) groups is 1. The summed E-state index contributed by atoms with van der Waals surface area (Å²) in [7, 11) is 0. The van der Waals surface area contributed by atoms with Crippen LogP contribution in [0.5, 0.6) is 0 Å². The van der Waals surface area contributed by atoms with Crippen LogP contribution in [0.25, 0.3) is 0 Å². The molecule has 0 N–H and O–H groups in total. The fraction of sp³-hybridized carbons (Fsp3) is 0.500. The zero-order valence-corrected chi connectivity index (χ0v) is 11.8. The monoisotopic (exact) mass is 292 g/mol. The van der Waals surface area contributed by atoms with E-state index >= 15 is 0 Å². The van der Waals surface area contributed by atoms with Crippen LogP contribution in [-0.2, 0) is 4.74 Å². The maximum atomic E-state index is 13.6. The maximum Gasteiger partial charge on any atom is 0.414 e. The minimum atomic E-state index is -0.447. The molecule has 1 saturated heterocycles. The largest absolute Gasteiger partial charge is 0.442 e. The number of benzene rings is 1. The Hall–Kier alpha value is -2.18. The first-order chi connectivity index (χ1) is 10.1. The topological polar surface area (TPSA) is 57.5 Å². The number of rotatable bonds is 3. The Morgan fingerprint density at radius 1 is 1.48 bits per heavy atom.